The number of hydrogen-bond donors (Lipinski definition) is 3. The highest BCUT2D eigenvalue weighted by atomic mass is 31.2. The average molecular weight is 578 g/mol. The maximum Gasteiger partial charge on any atom is 0.406 e. The Kier molecular flexibility index (Phi) is 9.34. The number of nitriles is 1. The van der Waals surface area contributed by atoms with E-state index in [1.165, 1.54) is 20.2 Å². The summed E-state index contributed by atoms with van der Waals surface area (Å²) in [5.74, 6) is -0.744. The predicted molar refractivity (Wildman–Crippen MR) is 140 cm³/mol. The van der Waals surface area contributed by atoms with Gasteiger partial charge in [-0.3, -0.25) is 28.2 Å². The van der Waals surface area contributed by atoms with Gasteiger partial charge in [0.25, 0.3) is 5.56 Å². The number of halogens is 1. The molecule has 15 heteroatoms. The second kappa shape index (κ2) is 12.7. The molecule has 0 radical (unpaired) electrons. The topological polar surface area (TPSA) is 178 Å². The van der Waals surface area contributed by atoms with Gasteiger partial charge in [-0.15, -0.1) is 0 Å². The zero-order chi connectivity index (χ0) is 28.9. The highest BCUT2D eigenvalue weighted by Gasteiger charge is 2.40. The Labute approximate surface area is 227 Å². The molecule has 4 unspecified atom stereocenters. The summed E-state index contributed by atoms with van der Waals surface area (Å²) in [6, 6.07) is 8.09. The lowest BCUT2D eigenvalue weighted by Gasteiger charge is -2.25. The summed E-state index contributed by atoms with van der Waals surface area (Å²) in [7, 11) is -3.14. The summed E-state index contributed by atoms with van der Waals surface area (Å²) in [6.45, 7) is 0.638. The van der Waals surface area contributed by atoms with Crippen LogP contribution in [0.15, 0.2) is 46.2 Å². The molecule has 3 aromatic rings. The molecule has 1 aliphatic heterocycles. The third-order valence-corrected chi connectivity index (χ3v) is 8.04. The Morgan fingerprint density at radius 1 is 1.35 bits per heavy atom. The molecule has 40 heavy (non-hydrogen) atoms. The molecular formula is C25H29FN5O8P. The van der Waals surface area contributed by atoms with Gasteiger partial charge in [0.15, 0.2) is 0 Å². The number of ether oxygens (including phenoxy) is 2. The maximum absolute atomic E-state index is 14.9. The van der Waals surface area contributed by atoms with E-state index in [4.69, 9.17) is 23.8 Å². The number of carbonyl (C=O) groups excluding carboxylic acids is 1. The highest BCUT2D eigenvalue weighted by Crippen LogP contribution is 2.46. The van der Waals surface area contributed by atoms with Crippen molar-refractivity contribution in [2.75, 3.05) is 20.3 Å². The normalized spacial score (nSPS) is 21.1. The molecule has 0 aliphatic carbocycles. The Morgan fingerprint density at radius 3 is 2.88 bits per heavy atom. The molecule has 214 valence electrons. The van der Waals surface area contributed by atoms with E-state index in [1.54, 1.807) is 6.20 Å². The van der Waals surface area contributed by atoms with Crippen molar-refractivity contribution in [3.63, 3.8) is 0 Å². The van der Waals surface area contributed by atoms with Crippen LogP contribution >= 0.6 is 7.75 Å². The largest absolute Gasteiger partial charge is 0.468 e. The lowest BCUT2D eigenvalue weighted by atomic mass is 10.1. The first kappa shape index (κ1) is 29.4. The van der Waals surface area contributed by atoms with Crippen molar-refractivity contribution < 1.29 is 32.3 Å². The third-order valence-electron chi connectivity index (χ3n) is 6.40. The van der Waals surface area contributed by atoms with E-state index in [1.807, 2.05) is 30.3 Å². The van der Waals surface area contributed by atoms with Gasteiger partial charge in [0.1, 0.15) is 24.5 Å². The summed E-state index contributed by atoms with van der Waals surface area (Å²) in [4.78, 5) is 41.8. The van der Waals surface area contributed by atoms with Gasteiger partial charge in [0, 0.05) is 41.7 Å². The molecule has 1 saturated heterocycles. The third kappa shape index (κ3) is 6.75. The van der Waals surface area contributed by atoms with Crippen LogP contribution in [-0.2, 0) is 34.3 Å². The number of nitrogens with zero attached hydrogens (tertiary/aromatic N) is 2. The first-order chi connectivity index (χ1) is 19.1. The molecular weight excluding hydrogens is 548 g/mol. The zero-order valence-corrected chi connectivity index (χ0v) is 22.7. The molecule has 3 N–H and O–H groups in total. The van der Waals surface area contributed by atoms with E-state index in [-0.39, 0.29) is 31.4 Å². The van der Waals surface area contributed by atoms with E-state index < -0.39 is 56.1 Å². The number of H-pyrrole nitrogens is 2. The fourth-order valence-corrected chi connectivity index (χ4v) is 5.82. The second-order valence-corrected chi connectivity index (χ2v) is 10.9. The molecule has 1 aliphatic rings. The number of fused-ring (bicyclic) bond motifs is 1. The van der Waals surface area contributed by atoms with Gasteiger partial charge in [0.05, 0.1) is 32.8 Å². The summed E-state index contributed by atoms with van der Waals surface area (Å²) < 4.78 is 51.1. The number of benzene rings is 1. The standard InChI is InChI=1S/C25H29FN5O8P/c1-15-13-31(25(34)29-23(15)32)22-11-18(26)21(39-22)14-38-40(35,37-9-5-8-27)30-20(24(33)36-2)10-16-12-28-19-7-4-3-6-17(16)19/h3-4,6-7,12-13,18,20-22,28H,5,9-11,14H2,1-2H3,(H,30,35)(H,29,32,34)/t18?,20-,21?,22?,40?/m0/s1. The minimum atomic E-state index is -4.32. The van der Waals surface area contributed by atoms with E-state index in [0.717, 1.165) is 21.0 Å². The van der Waals surface area contributed by atoms with Crippen LogP contribution in [0.3, 0.4) is 0 Å². The zero-order valence-electron chi connectivity index (χ0n) is 21.8. The van der Waals surface area contributed by atoms with Crippen LogP contribution in [0.25, 0.3) is 10.9 Å². The maximum atomic E-state index is 14.9. The molecule has 0 saturated carbocycles. The molecule has 2 aromatic heterocycles. The molecule has 13 nitrogen and oxygen atoms in total. The van der Waals surface area contributed by atoms with Gasteiger partial charge in [-0.1, -0.05) is 18.2 Å². The van der Waals surface area contributed by atoms with Crippen LogP contribution in [0.1, 0.15) is 30.2 Å². The number of carbonyl (C=O) groups is 1. The number of methoxy groups -OCH3 is 1. The molecule has 1 fully saturated rings. The molecule has 0 spiro atoms. The fraction of sp³-hybridized carbons (Fsp3) is 0.440. The second-order valence-electron chi connectivity index (χ2n) is 9.16. The van der Waals surface area contributed by atoms with Crippen molar-refractivity contribution in [2.24, 2.45) is 0 Å². The van der Waals surface area contributed by atoms with Gasteiger partial charge < -0.3 is 14.5 Å². The number of alkyl halides is 1. The quantitative estimate of drug-likeness (QED) is 0.164. The minimum absolute atomic E-state index is 0.0495. The Morgan fingerprint density at radius 2 is 2.12 bits per heavy atom. The van der Waals surface area contributed by atoms with Crippen molar-refractivity contribution in [1.82, 2.24) is 19.6 Å². The predicted octanol–water partition coefficient (Wildman–Crippen LogP) is 2.38. The van der Waals surface area contributed by atoms with Crippen molar-refractivity contribution in [1.29, 1.82) is 5.26 Å². The van der Waals surface area contributed by atoms with E-state index >= 15 is 0 Å². The summed E-state index contributed by atoms with van der Waals surface area (Å²) in [6.07, 6.45) is -1.21. The summed E-state index contributed by atoms with van der Waals surface area (Å²) in [5.41, 5.74) is 0.478. The van der Waals surface area contributed by atoms with E-state index in [2.05, 4.69) is 15.1 Å². The van der Waals surface area contributed by atoms with Crippen LogP contribution in [0.5, 0.6) is 0 Å². The number of nitrogens with one attached hydrogen (secondary N) is 3. The van der Waals surface area contributed by atoms with E-state index in [9.17, 15) is 23.3 Å². The van der Waals surface area contributed by atoms with Gasteiger partial charge in [-0.25, -0.2) is 18.8 Å². The number of para-hydroxylation sites is 1. The summed E-state index contributed by atoms with van der Waals surface area (Å²) in [5, 5.41) is 12.3. The Hall–Kier alpha value is -3.60. The van der Waals surface area contributed by atoms with Gasteiger partial charge >= 0.3 is 19.4 Å². The number of esters is 1. The lowest BCUT2D eigenvalue weighted by Crippen LogP contribution is -2.39. The monoisotopic (exact) mass is 577 g/mol. The SMILES string of the molecule is COC(=O)[C@H](Cc1c[nH]c2ccccc12)NP(=O)(OCCC#N)OCC1OC(n2cc(C)c(=O)[nH]c2=O)CC1F. The Bertz CT molecular complexity index is 1560. The molecule has 3 heterocycles. The van der Waals surface area contributed by atoms with Gasteiger partial charge in [-0.05, 0) is 18.6 Å². The van der Waals surface area contributed by atoms with Crippen molar-refractivity contribution in [2.45, 2.75) is 50.7 Å². The molecule has 0 amide bonds. The van der Waals surface area contributed by atoms with Crippen molar-refractivity contribution in [3.05, 3.63) is 68.6 Å². The molecule has 0 bridgehead atoms. The van der Waals surface area contributed by atoms with Gasteiger partial charge in [0.2, 0.25) is 0 Å². The average Bonchev–Trinajstić information content (AvgIpc) is 3.52. The lowest BCUT2D eigenvalue weighted by molar-refractivity contribution is -0.142. The van der Waals surface area contributed by atoms with Crippen LogP contribution in [-0.4, -0.2) is 59.1 Å². The number of aromatic amines is 2. The molecule has 4 rings (SSSR count). The number of hydrogen-bond acceptors (Lipinski definition) is 9. The number of rotatable bonds is 12. The van der Waals surface area contributed by atoms with Crippen molar-refractivity contribution >= 4 is 24.6 Å². The van der Waals surface area contributed by atoms with Gasteiger partial charge in [-0.2, -0.15) is 5.26 Å². The van der Waals surface area contributed by atoms with Crippen LogP contribution in [0.4, 0.5) is 4.39 Å². The molecule has 1 aromatic carbocycles. The fourth-order valence-electron chi connectivity index (χ4n) is 4.34. The summed E-state index contributed by atoms with van der Waals surface area (Å²) >= 11 is 0. The number of aromatic nitrogens is 3. The van der Waals surface area contributed by atoms with Crippen LogP contribution in [0, 0.1) is 18.3 Å². The first-order valence-electron chi connectivity index (χ1n) is 12.4. The first-order valence-corrected chi connectivity index (χ1v) is 14.0. The number of aryl methyl sites for hydroxylation is 1. The van der Waals surface area contributed by atoms with Crippen LogP contribution < -0.4 is 16.3 Å². The smallest absolute Gasteiger partial charge is 0.406 e. The van der Waals surface area contributed by atoms with Crippen molar-refractivity contribution in [3.8, 4) is 6.07 Å². The Balaban J connectivity index is 1.50. The minimum Gasteiger partial charge on any atom is -0.468 e. The molecule has 5 atom stereocenters. The van der Waals surface area contributed by atoms with E-state index in [0.29, 0.717) is 0 Å². The van der Waals surface area contributed by atoms with Crippen LogP contribution in [0.2, 0.25) is 0 Å². The highest BCUT2D eigenvalue weighted by molar-refractivity contribution is 7.51.